The first-order chi connectivity index (χ1) is 12.6. The van der Waals surface area contributed by atoms with Gasteiger partial charge in [0.15, 0.2) is 0 Å². The molecule has 2 unspecified atom stereocenters. The normalized spacial score (nSPS) is 25.6. The molecule has 1 saturated heterocycles. The van der Waals surface area contributed by atoms with Gasteiger partial charge in [0.25, 0.3) is 5.56 Å². The Morgan fingerprint density at radius 3 is 2.77 bits per heavy atom. The zero-order valence-corrected chi connectivity index (χ0v) is 16.0. The van der Waals surface area contributed by atoms with E-state index >= 15 is 0 Å². The molecular weight excluding hydrogens is 350 g/mol. The molecule has 2 aliphatic rings. The first-order valence-corrected chi connectivity index (χ1v) is 10.5. The molecule has 0 radical (unpaired) electrons. The van der Waals surface area contributed by atoms with Crippen LogP contribution in [-0.4, -0.2) is 55.9 Å². The van der Waals surface area contributed by atoms with E-state index < -0.39 is 0 Å². The lowest BCUT2D eigenvalue weighted by atomic mass is 9.89. The Balaban J connectivity index is 1.39. The summed E-state index contributed by atoms with van der Waals surface area (Å²) in [6.07, 6.45) is 7.08. The quantitative estimate of drug-likeness (QED) is 0.847. The molecule has 0 aromatic carbocycles. The van der Waals surface area contributed by atoms with Crippen LogP contribution in [-0.2, 0) is 6.42 Å². The third kappa shape index (κ3) is 3.63. The Hall–Kier alpha value is -1.51. The molecule has 0 amide bonds. The highest BCUT2D eigenvalue weighted by molar-refractivity contribution is 7.20. The van der Waals surface area contributed by atoms with Crippen molar-refractivity contribution in [1.82, 2.24) is 19.5 Å². The molecule has 0 spiro atoms. The molecule has 2 fully saturated rings. The summed E-state index contributed by atoms with van der Waals surface area (Å²) in [7, 11) is 0. The maximum absolute atomic E-state index is 12.1. The second-order valence-corrected chi connectivity index (χ2v) is 8.37. The summed E-state index contributed by atoms with van der Waals surface area (Å²) in [6.45, 7) is 4.00. The van der Waals surface area contributed by atoms with Crippen LogP contribution in [0.3, 0.4) is 0 Å². The Labute approximate surface area is 157 Å². The largest absolute Gasteiger partial charge is 0.391 e. The average Bonchev–Trinajstić information content (AvgIpc) is 3.06. The van der Waals surface area contributed by atoms with Crippen molar-refractivity contribution in [3.8, 4) is 0 Å². The van der Waals surface area contributed by atoms with Gasteiger partial charge in [0.2, 0.25) is 10.1 Å². The van der Waals surface area contributed by atoms with Crippen molar-refractivity contribution in [2.45, 2.75) is 70.1 Å². The summed E-state index contributed by atoms with van der Waals surface area (Å²) in [4.78, 5) is 19.7. The number of hydrogen-bond acceptors (Lipinski definition) is 7. The minimum Gasteiger partial charge on any atom is -0.391 e. The molecule has 2 aromatic heterocycles. The number of aromatic nitrogens is 3. The smallest absolute Gasteiger partial charge is 0.275 e. The van der Waals surface area contributed by atoms with Crippen LogP contribution in [0.25, 0.3) is 4.96 Å². The van der Waals surface area contributed by atoms with E-state index in [1.807, 2.05) is 6.92 Å². The van der Waals surface area contributed by atoms with Crippen molar-refractivity contribution >= 4 is 21.4 Å². The highest BCUT2D eigenvalue weighted by Gasteiger charge is 2.31. The Kier molecular flexibility index (Phi) is 5.24. The monoisotopic (exact) mass is 377 g/mol. The Bertz CT molecular complexity index is 812. The number of nitrogens with one attached hydrogen (secondary N) is 1. The minimum atomic E-state index is -0.164. The van der Waals surface area contributed by atoms with Gasteiger partial charge in [0, 0.05) is 36.9 Å². The van der Waals surface area contributed by atoms with Gasteiger partial charge < -0.3 is 10.4 Å². The highest BCUT2D eigenvalue weighted by atomic mass is 32.1. The predicted molar refractivity (Wildman–Crippen MR) is 103 cm³/mol. The van der Waals surface area contributed by atoms with Crippen molar-refractivity contribution in [2.24, 2.45) is 0 Å². The molecule has 8 heteroatoms. The fourth-order valence-corrected chi connectivity index (χ4v) is 5.06. The standard InChI is InChI=1S/C18H27N5O2S/c1-2-12-11-16(25)23-18(20-12)26-17(21-23)19-13-7-9-22(10-8-13)14-5-3-4-6-15(14)24/h11,13-15,24H,2-10H2,1H3,(H,19,21). The lowest BCUT2D eigenvalue weighted by Crippen LogP contribution is -2.50. The molecule has 0 bridgehead atoms. The second kappa shape index (κ2) is 7.62. The van der Waals surface area contributed by atoms with Gasteiger partial charge in [-0.15, -0.1) is 5.10 Å². The maximum Gasteiger partial charge on any atom is 0.275 e. The summed E-state index contributed by atoms with van der Waals surface area (Å²) < 4.78 is 1.39. The van der Waals surface area contributed by atoms with Crippen LogP contribution in [0.15, 0.2) is 10.9 Å². The summed E-state index contributed by atoms with van der Waals surface area (Å²) >= 11 is 1.44. The number of anilines is 1. The van der Waals surface area contributed by atoms with Crippen LogP contribution in [0.5, 0.6) is 0 Å². The topological polar surface area (TPSA) is 82.8 Å². The maximum atomic E-state index is 12.1. The van der Waals surface area contributed by atoms with Gasteiger partial charge >= 0.3 is 0 Å². The molecule has 2 aromatic rings. The number of aryl methyl sites for hydroxylation is 1. The van der Waals surface area contributed by atoms with E-state index in [1.165, 1.54) is 22.3 Å². The molecule has 2 atom stereocenters. The SMILES string of the molecule is CCc1cc(=O)n2nc(NC3CCN(C4CCCCC4O)CC3)sc2n1. The van der Waals surface area contributed by atoms with Crippen LogP contribution in [0.2, 0.25) is 0 Å². The van der Waals surface area contributed by atoms with Gasteiger partial charge in [-0.05, 0) is 32.1 Å². The van der Waals surface area contributed by atoms with Crippen LogP contribution in [0.1, 0.15) is 51.1 Å². The third-order valence-electron chi connectivity index (χ3n) is 5.68. The predicted octanol–water partition coefficient (Wildman–Crippen LogP) is 1.89. The summed E-state index contributed by atoms with van der Waals surface area (Å²) in [5.41, 5.74) is 0.696. The zero-order chi connectivity index (χ0) is 18.1. The molecule has 1 saturated carbocycles. The van der Waals surface area contributed by atoms with E-state index in [1.54, 1.807) is 6.07 Å². The summed E-state index contributed by atoms with van der Waals surface area (Å²) in [5, 5.41) is 18.9. The fraction of sp³-hybridized carbons (Fsp3) is 0.722. The van der Waals surface area contributed by atoms with Gasteiger partial charge in [0.05, 0.1) is 6.10 Å². The third-order valence-corrected chi connectivity index (χ3v) is 6.52. The number of likely N-dealkylation sites (tertiary alicyclic amines) is 1. The molecular formula is C18H27N5O2S. The molecule has 1 aliphatic heterocycles. The number of hydrogen-bond donors (Lipinski definition) is 2. The number of rotatable bonds is 4. The van der Waals surface area contributed by atoms with E-state index in [0.717, 1.165) is 62.4 Å². The van der Waals surface area contributed by atoms with Gasteiger partial charge in [-0.25, -0.2) is 4.98 Å². The number of piperidine rings is 1. The summed E-state index contributed by atoms with van der Waals surface area (Å²) in [5.74, 6) is 0. The number of aliphatic hydroxyl groups excluding tert-OH is 1. The molecule has 26 heavy (non-hydrogen) atoms. The molecule has 2 N–H and O–H groups in total. The number of fused-ring (bicyclic) bond motifs is 1. The van der Waals surface area contributed by atoms with E-state index in [4.69, 9.17) is 0 Å². The van der Waals surface area contributed by atoms with E-state index in [0.29, 0.717) is 17.0 Å². The zero-order valence-electron chi connectivity index (χ0n) is 15.2. The van der Waals surface area contributed by atoms with Gasteiger partial charge in [-0.1, -0.05) is 31.1 Å². The lowest BCUT2D eigenvalue weighted by molar-refractivity contribution is 0.00993. The fourth-order valence-electron chi connectivity index (χ4n) is 4.16. The molecule has 142 valence electrons. The highest BCUT2D eigenvalue weighted by Crippen LogP contribution is 2.27. The lowest BCUT2D eigenvalue weighted by Gasteiger charge is -2.41. The van der Waals surface area contributed by atoms with E-state index in [9.17, 15) is 9.90 Å². The van der Waals surface area contributed by atoms with Crippen LogP contribution >= 0.6 is 11.3 Å². The number of nitrogens with zero attached hydrogens (tertiary/aromatic N) is 4. The first kappa shape index (κ1) is 17.9. The molecule has 3 heterocycles. The minimum absolute atomic E-state index is 0.114. The summed E-state index contributed by atoms with van der Waals surface area (Å²) in [6, 6.07) is 2.25. The van der Waals surface area contributed by atoms with Gasteiger partial charge in [-0.2, -0.15) is 4.52 Å². The van der Waals surface area contributed by atoms with Crippen molar-refractivity contribution in [2.75, 3.05) is 18.4 Å². The van der Waals surface area contributed by atoms with Crippen LogP contribution in [0.4, 0.5) is 5.13 Å². The van der Waals surface area contributed by atoms with Crippen LogP contribution < -0.4 is 10.9 Å². The van der Waals surface area contributed by atoms with E-state index in [2.05, 4.69) is 20.3 Å². The van der Waals surface area contributed by atoms with Crippen LogP contribution in [0, 0.1) is 0 Å². The van der Waals surface area contributed by atoms with Gasteiger partial charge in [0.1, 0.15) is 0 Å². The van der Waals surface area contributed by atoms with Crippen molar-refractivity contribution in [3.63, 3.8) is 0 Å². The first-order valence-electron chi connectivity index (χ1n) is 9.72. The molecule has 1 aliphatic carbocycles. The van der Waals surface area contributed by atoms with Crippen molar-refractivity contribution < 1.29 is 5.11 Å². The van der Waals surface area contributed by atoms with Gasteiger partial charge in [-0.3, -0.25) is 9.69 Å². The average molecular weight is 378 g/mol. The van der Waals surface area contributed by atoms with E-state index in [-0.39, 0.29) is 11.7 Å². The molecule has 7 nitrogen and oxygen atoms in total. The number of aliphatic hydroxyl groups is 1. The Morgan fingerprint density at radius 2 is 2.04 bits per heavy atom. The second-order valence-electron chi connectivity index (χ2n) is 7.41. The van der Waals surface area contributed by atoms with Crippen molar-refractivity contribution in [1.29, 1.82) is 0 Å². The Morgan fingerprint density at radius 1 is 1.27 bits per heavy atom. The van der Waals surface area contributed by atoms with Crippen molar-refractivity contribution in [3.05, 3.63) is 22.1 Å². The molecule has 4 rings (SSSR count).